The first kappa shape index (κ1) is 13.9. The van der Waals surface area contributed by atoms with E-state index in [2.05, 4.69) is 0 Å². The van der Waals surface area contributed by atoms with Crippen LogP contribution in [0.25, 0.3) is 0 Å². The molecule has 1 aromatic carbocycles. The third kappa shape index (κ3) is 3.26. The third-order valence-electron chi connectivity index (χ3n) is 3.66. The van der Waals surface area contributed by atoms with Crippen LogP contribution in [0.4, 0.5) is 0 Å². The Hall–Kier alpha value is -1.55. The fraction of sp³-hybridized carbons (Fsp3) is 0.533. The van der Waals surface area contributed by atoms with Crippen molar-refractivity contribution in [3.63, 3.8) is 0 Å². The number of hydrogen-bond donors (Lipinski definition) is 1. The lowest BCUT2D eigenvalue weighted by Gasteiger charge is -2.22. The predicted octanol–water partition coefficient (Wildman–Crippen LogP) is 1.91. The van der Waals surface area contributed by atoms with Crippen molar-refractivity contribution < 1.29 is 14.6 Å². The Labute approximate surface area is 114 Å². The zero-order valence-corrected chi connectivity index (χ0v) is 11.6. The van der Waals surface area contributed by atoms with E-state index in [0.717, 1.165) is 24.8 Å². The molecule has 0 unspecified atom stereocenters. The predicted molar refractivity (Wildman–Crippen MR) is 73.1 cm³/mol. The first-order valence-corrected chi connectivity index (χ1v) is 6.79. The maximum atomic E-state index is 11.7. The number of carbonyl (C=O) groups is 1. The number of nitrogens with zero attached hydrogens (tertiary/aromatic N) is 1. The molecule has 0 radical (unpaired) electrons. The number of aryl methyl sites for hydroxylation is 1. The van der Waals surface area contributed by atoms with E-state index in [1.165, 1.54) is 5.56 Å². The monoisotopic (exact) mass is 263 g/mol. The number of benzene rings is 1. The van der Waals surface area contributed by atoms with Crippen LogP contribution in [0.15, 0.2) is 18.2 Å². The van der Waals surface area contributed by atoms with Crippen molar-refractivity contribution in [1.29, 1.82) is 0 Å². The van der Waals surface area contributed by atoms with Crippen LogP contribution >= 0.6 is 0 Å². The maximum absolute atomic E-state index is 11.7. The van der Waals surface area contributed by atoms with Crippen molar-refractivity contribution in [2.24, 2.45) is 0 Å². The molecule has 1 aromatic rings. The molecule has 0 saturated heterocycles. The highest BCUT2D eigenvalue weighted by atomic mass is 16.5. The van der Waals surface area contributed by atoms with E-state index < -0.39 is 6.10 Å². The normalized spacial score (nSPS) is 17.7. The largest absolute Gasteiger partial charge is 0.484 e. The van der Waals surface area contributed by atoms with Gasteiger partial charge in [-0.15, -0.1) is 0 Å². The first-order chi connectivity index (χ1) is 9.11. The van der Waals surface area contributed by atoms with Crippen LogP contribution in [0.2, 0.25) is 0 Å². The minimum Gasteiger partial charge on any atom is -0.484 e. The number of ether oxygens (including phenoxy) is 1. The average molecular weight is 263 g/mol. The fourth-order valence-corrected chi connectivity index (χ4v) is 2.27. The lowest BCUT2D eigenvalue weighted by molar-refractivity contribution is -0.131. The number of carbonyl (C=O) groups excluding carboxylic acids is 1. The van der Waals surface area contributed by atoms with E-state index in [1.807, 2.05) is 25.1 Å². The van der Waals surface area contributed by atoms with Gasteiger partial charge in [0.05, 0.1) is 6.10 Å². The van der Waals surface area contributed by atoms with Crippen molar-refractivity contribution in [3.8, 4) is 5.75 Å². The van der Waals surface area contributed by atoms with Crippen LogP contribution < -0.4 is 4.74 Å². The second kappa shape index (κ2) is 6.06. The molecule has 19 heavy (non-hydrogen) atoms. The van der Waals surface area contributed by atoms with Crippen molar-refractivity contribution in [3.05, 3.63) is 29.3 Å². The molecule has 4 heteroatoms. The molecule has 0 spiro atoms. The van der Waals surface area contributed by atoms with Crippen LogP contribution in [-0.2, 0) is 11.2 Å². The third-order valence-corrected chi connectivity index (χ3v) is 3.66. The molecule has 0 aliphatic heterocycles. The van der Waals surface area contributed by atoms with Gasteiger partial charge in [-0.05, 0) is 49.4 Å². The molecule has 1 N–H and O–H groups in total. The Morgan fingerprint density at radius 2 is 2.32 bits per heavy atom. The molecule has 0 saturated carbocycles. The SMILES string of the molecule is CCN(C)C(=O)COc1ccc2c(c1)[C@H](O)CCC2. The summed E-state index contributed by atoms with van der Waals surface area (Å²) in [5.41, 5.74) is 2.13. The van der Waals surface area contributed by atoms with E-state index in [0.29, 0.717) is 12.3 Å². The number of hydrogen-bond acceptors (Lipinski definition) is 3. The molecule has 1 amide bonds. The Morgan fingerprint density at radius 3 is 3.05 bits per heavy atom. The smallest absolute Gasteiger partial charge is 0.260 e. The number of aliphatic hydroxyl groups is 1. The Balaban J connectivity index is 2.02. The summed E-state index contributed by atoms with van der Waals surface area (Å²) >= 11 is 0. The second-order valence-corrected chi connectivity index (χ2v) is 4.97. The highest BCUT2D eigenvalue weighted by Crippen LogP contribution is 2.32. The van der Waals surface area contributed by atoms with Gasteiger partial charge in [0.15, 0.2) is 6.61 Å². The summed E-state index contributed by atoms with van der Waals surface area (Å²) in [7, 11) is 1.75. The van der Waals surface area contributed by atoms with Crippen molar-refractivity contribution in [2.75, 3.05) is 20.2 Å². The summed E-state index contributed by atoms with van der Waals surface area (Å²) in [6.07, 6.45) is 2.42. The zero-order valence-electron chi connectivity index (χ0n) is 11.6. The molecule has 0 heterocycles. The van der Waals surface area contributed by atoms with E-state index in [1.54, 1.807) is 11.9 Å². The van der Waals surface area contributed by atoms with Gasteiger partial charge in [-0.1, -0.05) is 6.07 Å². The highest BCUT2D eigenvalue weighted by molar-refractivity contribution is 5.77. The summed E-state index contributed by atoms with van der Waals surface area (Å²) in [4.78, 5) is 13.3. The van der Waals surface area contributed by atoms with Crippen LogP contribution in [0.3, 0.4) is 0 Å². The van der Waals surface area contributed by atoms with Crippen molar-refractivity contribution in [2.45, 2.75) is 32.3 Å². The standard InChI is InChI=1S/C15H21NO3/c1-3-16(2)15(18)10-19-12-8-7-11-5-4-6-14(17)13(11)9-12/h7-9,14,17H,3-6,10H2,1-2H3/t14-/m1/s1. The van der Waals surface area contributed by atoms with E-state index >= 15 is 0 Å². The number of rotatable bonds is 4. The molecule has 0 fully saturated rings. The van der Waals surface area contributed by atoms with Gasteiger partial charge in [-0.3, -0.25) is 4.79 Å². The zero-order chi connectivity index (χ0) is 13.8. The van der Waals surface area contributed by atoms with Gasteiger partial charge >= 0.3 is 0 Å². The summed E-state index contributed by atoms with van der Waals surface area (Å²) in [5.74, 6) is 0.610. The first-order valence-electron chi connectivity index (χ1n) is 6.79. The Bertz CT molecular complexity index is 459. The number of amides is 1. The number of aliphatic hydroxyl groups excluding tert-OH is 1. The van der Waals surface area contributed by atoms with Crippen molar-refractivity contribution >= 4 is 5.91 Å². The lowest BCUT2D eigenvalue weighted by atomic mass is 9.89. The van der Waals surface area contributed by atoms with Crippen LogP contribution in [0.1, 0.15) is 37.0 Å². The van der Waals surface area contributed by atoms with Gasteiger partial charge in [-0.25, -0.2) is 0 Å². The Kier molecular flexibility index (Phi) is 4.43. The van der Waals surface area contributed by atoms with Gasteiger partial charge in [0.25, 0.3) is 5.91 Å². The molecule has 0 bridgehead atoms. The molecular weight excluding hydrogens is 242 g/mol. The molecule has 1 aliphatic rings. The number of likely N-dealkylation sites (N-methyl/N-ethyl adjacent to an activating group) is 1. The van der Waals surface area contributed by atoms with Gasteiger partial charge < -0.3 is 14.7 Å². The second-order valence-electron chi connectivity index (χ2n) is 4.97. The molecule has 0 aromatic heterocycles. The maximum Gasteiger partial charge on any atom is 0.260 e. The topological polar surface area (TPSA) is 49.8 Å². The molecule has 1 aliphatic carbocycles. The Morgan fingerprint density at radius 1 is 1.53 bits per heavy atom. The van der Waals surface area contributed by atoms with E-state index in [9.17, 15) is 9.90 Å². The summed E-state index contributed by atoms with van der Waals surface area (Å²) in [6, 6.07) is 5.72. The van der Waals surface area contributed by atoms with E-state index in [4.69, 9.17) is 4.74 Å². The average Bonchev–Trinajstić information content (AvgIpc) is 2.44. The lowest BCUT2D eigenvalue weighted by Crippen LogP contribution is -2.31. The summed E-state index contributed by atoms with van der Waals surface area (Å²) < 4.78 is 5.50. The molecule has 1 atom stereocenters. The van der Waals surface area contributed by atoms with Gasteiger partial charge in [-0.2, -0.15) is 0 Å². The summed E-state index contributed by atoms with van der Waals surface area (Å²) in [6.45, 7) is 2.64. The molecule has 2 rings (SSSR count). The van der Waals surface area contributed by atoms with Gasteiger partial charge in [0.2, 0.25) is 0 Å². The molecule has 104 valence electrons. The van der Waals surface area contributed by atoms with Crippen LogP contribution in [0.5, 0.6) is 5.75 Å². The minimum absolute atomic E-state index is 0.0409. The van der Waals surface area contributed by atoms with Crippen LogP contribution in [0, 0.1) is 0 Å². The summed E-state index contributed by atoms with van der Waals surface area (Å²) in [5, 5.41) is 9.96. The van der Waals surface area contributed by atoms with Gasteiger partial charge in [0.1, 0.15) is 5.75 Å². The quantitative estimate of drug-likeness (QED) is 0.902. The number of fused-ring (bicyclic) bond motifs is 1. The minimum atomic E-state index is -0.402. The molecular formula is C15H21NO3. The van der Waals surface area contributed by atoms with Crippen LogP contribution in [-0.4, -0.2) is 36.1 Å². The van der Waals surface area contributed by atoms with Crippen molar-refractivity contribution in [1.82, 2.24) is 4.90 Å². The van der Waals surface area contributed by atoms with E-state index in [-0.39, 0.29) is 12.5 Å². The van der Waals surface area contributed by atoms with Gasteiger partial charge in [0, 0.05) is 13.6 Å². The highest BCUT2D eigenvalue weighted by Gasteiger charge is 2.18. The fourth-order valence-electron chi connectivity index (χ4n) is 2.27. The molecule has 4 nitrogen and oxygen atoms in total.